The van der Waals surface area contributed by atoms with Gasteiger partial charge in [-0.3, -0.25) is 4.57 Å². The fourth-order valence-corrected chi connectivity index (χ4v) is 4.16. The first-order valence-corrected chi connectivity index (χ1v) is 10.3. The van der Waals surface area contributed by atoms with E-state index in [1.54, 1.807) is 29.2 Å². The highest BCUT2D eigenvalue weighted by atomic mass is 35.5. The molecule has 0 saturated heterocycles. The van der Waals surface area contributed by atoms with Crippen molar-refractivity contribution in [3.63, 3.8) is 0 Å². The molecule has 7 nitrogen and oxygen atoms in total. The molecule has 31 heavy (non-hydrogen) atoms. The number of alkyl halides is 3. The van der Waals surface area contributed by atoms with Crippen LogP contribution >= 0.6 is 22.9 Å². The van der Waals surface area contributed by atoms with Crippen molar-refractivity contribution >= 4 is 34.5 Å². The number of rotatable bonds is 4. The predicted octanol–water partition coefficient (Wildman–Crippen LogP) is 3.08. The first-order chi connectivity index (χ1) is 14.7. The van der Waals surface area contributed by atoms with Gasteiger partial charge in [0.1, 0.15) is 16.4 Å². The highest BCUT2D eigenvalue weighted by Crippen LogP contribution is 2.34. The van der Waals surface area contributed by atoms with Gasteiger partial charge in [-0.1, -0.05) is 23.7 Å². The fraction of sp³-hybridized carbons (Fsp3) is 0.263. The fourth-order valence-electron chi connectivity index (χ4n) is 3.13. The van der Waals surface area contributed by atoms with Crippen LogP contribution in [0.4, 0.5) is 19.1 Å². The van der Waals surface area contributed by atoms with Crippen molar-refractivity contribution in [3.8, 4) is 0 Å². The lowest BCUT2D eigenvalue weighted by Crippen LogP contribution is -2.40. The molecule has 4 heterocycles. The van der Waals surface area contributed by atoms with Crippen LogP contribution in [-0.4, -0.2) is 43.8 Å². The molecule has 3 aromatic heterocycles. The molecular weight excluding hydrogens is 455 g/mol. The Labute approximate surface area is 183 Å². The molecule has 3 aromatic rings. The summed E-state index contributed by atoms with van der Waals surface area (Å²) in [6, 6.07) is 7.41. The normalized spacial score (nSPS) is 17.0. The van der Waals surface area contributed by atoms with Crippen LogP contribution in [0.3, 0.4) is 0 Å². The van der Waals surface area contributed by atoms with E-state index in [0.29, 0.717) is 39.2 Å². The van der Waals surface area contributed by atoms with E-state index >= 15 is 0 Å². The van der Waals surface area contributed by atoms with Gasteiger partial charge in [-0.15, -0.1) is 11.3 Å². The molecule has 1 atom stereocenters. The third kappa shape index (κ3) is 4.78. The second kappa shape index (κ2) is 8.40. The molecule has 0 bridgehead atoms. The van der Waals surface area contributed by atoms with Gasteiger partial charge < -0.3 is 10.0 Å². The highest BCUT2D eigenvalue weighted by molar-refractivity contribution is 7.12. The van der Waals surface area contributed by atoms with Crippen molar-refractivity contribution in [1.82, 2.24) is 19.5 Å². The Balaban J connectivity index is 1.50. The summed E-state index contributed by atoms with van der Waals surface area (Å²) in [5.74, 6) is 0.122. The standard InChI is InChI=1S/C19H15ClF3N5O2S/c20-16-3-1-2-13(25-16)12-6-7-27(9-14(12)29)17-24-10-28(18(30)26-17)8-11-4-5-15(31-11)19(21,22)23/h1-6,10,14,29H,7-9H2/t14-/m0/s1. The van der Waals surface area contributed by atoms with Crippen LogP contribution in [0.15, 0.2) is 47.5 Å². The number of nitrogens with zero attached hydrogens (tertiary/aromatic N) is 5. The number of aliphatic hydroxyl groups excluding tert-OH is 1. The molecule has 4 rings (SSSR count). The zero-order chi connectivity index (χ0) is 22.2. The van der Waals surface area contributed by atoms with Gasteiger partial charge in [-0.25, -0.2) is 14.8 Å². The van der Waals surface area contributed by atoms with Gasteiger partial charge in [0.15, 0.2) is 0 Å². The van der Waals surface area contributed by atoms with Crippen molar-refractivity contribution in [2.24, 2.45) is 0 Å². The van der Waals surface area contributed by atoms with Crippen LogP contribution in [0.2, 0.25) is 5.15 Å². The molecule has 1 aliphatic rings. The average Bonchev–Trinajstić information content (AvgIpc) is 3.18. The van der Waals surface area contributed by atoms with Crippen molar-refractivity contribution in [3.05, 3.63) is 73.8 Å². The first-order valence-electron chi connectivity index (χ1n) is 9.06. The number of hydrogen-bond acceptors (Lipinski definition) is 7. The van der Waals surface area contributed by atoms with Crippen LogP contribution in [-0.2, 0) is 12.7 Å². The van der Waals surface area contributed by atoms with Crippen LogP contribution < -0.4 is 10.6 Å². The lowest BCUT2D eigenvalue weighted by atomic mass is 10.0. The number of aromatic nitrogens is 4. The van der Waals surface area contributed by atoms with E-state index in [9.17, 15) is 23.1 Å². The van der Waals surface area contributed by atoms with Gasteiger partial charge in [0.2, 0.25) is 5.95 Å². The van der Waals surface area contributed by atoms with Crippen LogP contribution in [0.25, 0.3) is 5.57 Å². The Bertz CT molecular complexity index is 1190. The number of halogens is 4. The Morgan fingerprint density at radius 1 is 1.23 bits per heavy atom. The predicted molar refractivity (Wildman–Crippen MR) is 110 cm³/mol. The van der Waals surface area contributed by atoms with Crippen molar-refractivity contribution in [2.45, 2.75) is 18.8 Å². The second-order valence-electron chi connectivity index (χ2n) is 6.76. The third-order valence-electron chi connectivity index (χ3n) is 4.60. The Hall–Kier alpha value is -2.76. The Morgan fingerprint density at radius 2 is 2.03 bits per heavy atom. The summed E-state index contributed by atoms with van der Waals surface area (Å²) < 4.78 is 39.4. The number of anilines is 1. The van der Waals surface area contributed by atoms with Gasteiger partial charge in [-0.2, -0.15) is 18.2 Å². The lowest BCUT2D eigenvalue weighted by Gasteiger charge is -2.30. The largest absolute Gasteiger partial charge is 0.425 e. The smallest absolute Gasteiger partial charge is 0.386 e. The van der Waals surface area contributed by atoms with Gasteiger partial charge in [0.05, 0.1) is 24.9 Å². The molecule has 0 amide bonds. The number of hydrogen-bond donors (Lipinski definition) is 1. The molecule has 12 heteroatoms. The molecule has 1 aliphatic heterocycles. The SMILES string of the molecule is O=c1nc(N2CC=C(c3cccc(Cl)n3)[C@@H](O)C2)ncn1Cc1ccc(C(F)(F)F)s1. The molecule has 0 aliphatic carbocycles. The topological polar surface area (TPSA) is 84.1 Å². The van der Waals surface area contributed by atoms with E-state index in [0.717, 1.165) is 10.6 Å². The molecule has 0 saturated carbocycles. The van der Waals surface area contributed by atoms with E-state index in [-0.39, 0.29) is 19.0 Å². The summed E-state index contributed by atoms with van der Waals surface area (Å²) in [4.78, 5) is 25.9. The maximum atomic E-state index is 12.7. The summed E-state index contributed by atoms with van der Waals surface area (Å²) in [5.41, 5.74) is 0.531. The van der Waals surface area contributed by atoms with E-state index in [4.69, 9.17) is 11.6 Å². The van der Waals surface area contributed by atoms with Crippen LogP contribution in [0, 0.1) is 0 Å². The molecule has 162 valence electrons. The third-order valence-corrected chi connectivity index (χ3v) is 5.92. The Morgan fingerprint density at radius 3 is 2.68 bits per heavy atom. The lowest BCUT2D eigenvalue weighted by molar-refractivity contribution is -0.134. The monoisotopic (exact) mass is 469 g/mol. The van der Waals surface area contributed by atoms with Gasteiger partial charge in [0.25, 0.3) is 0 Å². The minimum atomic E-state index is -4.42. The number of thiophene rings is 1. The van der Waals surface area contributed by atoms with Crippen molar-refractivity contribution in [1.29, 1.82) is 0 Å². The van der Waals surface area contributed by atoms with Crippen molar-refractivity contribution < 1.29 is 18.3 Å². The number of β-amino-alcohol motifs (C(OH)–C–C–N with tert-alkyl or cyclic N) is 1. The van der Waals surface area contributed by atoms with Gasteiger partial charge >= 0.3 is 11.9 Å². The van der Waals surface area contributed by atoms with E-state index in [1.165, 1.54) is 12.4 Å². The van der Waals surface area contributed by atoms with E-state index in [1.807, 2.05) is 0 Å². The van der Waals surface area contributed by atoms with Crippen LogP contribution in [0.5, 0.6) is 0 Å². The number of pyridine rings is 1. The second-order valence-corrected chi connectivity index (χ2v) is 8.31. The maximum Gasteiger partial charge on any atom is 0.425 e. The molecule has 0 fully saturated rings. The van der Waals surface area contributed by atoms with Gasteiger partial charge in [-0.05, 0) is 24.3 Å². The highest BCUT2D eigenvalue weighted by Gasteiger charge is 2.32. The van der Waals surface area contributed by atoms with Gasteiger partial charge in [0, 0.05) is 17.0 Å². The number of aliphatic hydroxyl groups is 1. The van der Waals surface area contributed by atoms with E-state index < -0.39 is 22.8 Å². The summed E-state index contributed by atoms with van der Waals surface area (Å²) >= 11 is 6.48. The summed E-state index contributed by atoms with van der Waals surface area (Å²) in [6.45, 7) is 0.417. The zero-order valence-electron chi connectivity index (χ0n) is 15.8. The summed E-state index contributed by atoms with van der Waals surface area (Å²) in [6.07, 6.45) is -2.32. The molecule has 0 aromatic carbocycles. The molecule has 1 N–H and O–H groups in total. The minimum Gasteiger partial charge on any atom is -0.386 e. The maximum absolute atomic E-state index is 12.7. The average molecular weight is 470 g/mol. The molecular formula is C19H15ClF3N5O2S. The summed E-state index contributed by atoms with van der Waals surface area (Å²) in [7, 11) is 0. The molecule has 0 unspecified atom stereocenters. The van der Waals surface area contributed by atoms with E-state index in [2.05, 4.69) is 15.0 Å². The first kappa shape index (κ1) is 21.5. The Kier molecular flexibility index (Phi) is 5.82. The molecule has 0 radical (unpaired) electrons. The summed E-state index contributed by atoms with van der Waals surface area (Å²) in [5, 5.41) is 10.8. The van der Waals surface area contributed by atoms with Crippen molar-refractivity contribution in [2.75, 3.05) is 18.0 Å². The minimum absolute atomic E-state index is 0.0625. The quantitative estimate of drug-likeness (QED) is 0.591. The molecule has 0 spiro atoms. The zero-order valence-corrected chi connectivity index (χ0v) is 17.3. The van der Waals surface area contributed by atoms with Crippen LogP contribution in [0.1, 0.15) is 15.4 Å².